The summed E-state index contributed by atoms with van der Waals surface area (Å²) in [4.78, 5) is 21.5. The number of thiophene rings is 1. The Labute approximate surface area is 161 Å². The molecule has 134 valence electrons. The molecule has 0 bridgehead atoms. The molecule has 0 atom stereocenters. The van der Waals surface area contributed by atoms with Crippen molar-refractivity contribution in [2.45, 2.75) is 20.3 Å². The van der Waals surface area contributed by atoms with E-state index >= 15 is 0 Å². The molecule has 0 unspecified atom stereocenters. The number of nitrogens with zero attached hydrogens (tertiary/aromatic N) is 2. The topological polar surface area (TPSA) is 54.9 Å². The number of nitrogens with one attached hydrogen (secondary N) is 1. The van der Waals surface area contributed by atoms with Crippen LogP contribution in [0.15, 0.2) is 60.2 Å². The van der Waals surface area contributed by atoms with Crippen LogP contribution in [0.1, 0.15) is 29.8 Å². The quantitative estimate of drug-likeness (QED) is 0.445. The number of anilines is 2. The van der Waals surface area contributed by atoms with E-state index in [1.54, 1.807) is 24.6 Å². The fourth-order valence-corrected chi connectivity index (χ4v) is 3.97. The van der Waals surface area contributed by atoms with Crippen LogP contribution >= 0.6 is 11.3 Å². The second-order valence-electron chi connectivity index (χ2n) is 6.36. The van der Waals surface area contributed by atoms with E-state index in [0.29, 0.717) is 5.56 Å². The van der Waals surface area contributed by atoms with Gasteiger partial charge in [0.05, 0.1) is 5.39 Å². The van der Waals surface area contributed by atoms with Gasteiger partial charge in [0.15, 0.2) is 5.78 Å². The van der Waals surface area contributed by atoms with Gasteiger partial charge >= 0.3 is 0 Å². The standard InChI is InChI=1S/C22H19N3OS/c1-3-15-7-9-16(10-8-15)19-12-27-22-20(19)21(23-13-24-22)25-18-6-4-5-17(11-18)14(2)26/h4-13H,3H2,1-2H3,(H,23,24,25). The number of carbonyl (C=O) groups is 1. The van der Waals surface area contributed by atoms with Crippen LogP contribution in [0.4, 0.5) is 11.5 Å². The summed E-state index contributed by atoms with van der Waals surface area (Å²) in [6.07, 6.45) is 2.59. The van der Waals surface area contributed by atoms with Crippen molar-refractivity contribution in [1.82, 2.24) is 9.97 Å². The SMILES string of the molecule is CCc1ccc(-c2csc3ncnc(Nc4cccc(C(C)=O)c4)c23)cc1. The first-order chi connectivity index (χ1) is 13.2. The smallest absolute Gasteiger partial charge is 0.159 e. The van der Waals surface area contributed by atoms with E-state index in [2.05, 4.69) is 51.9 Å². The average Bonchev–Trinajstić information content (AvgIpc) is 3.13. The number of carbonyl (C=O) groups excluding carboxylic acids is 1. The van der Waals surface area contributed by atoms with Crippen molar-refractivity contribution in [3.05, 3.63) is 71.4 Å². The molecule has 0 spiro atoms. The molecule has 27 heavy (non-hydrogen) atoms. The highest BCUT2D eigenvalue weighted by molar-refractivity contribution is 7.17. The summed E-state index contributed by atoms with van der Waals surface area (Å²) in [6.45, 7) is 3.72. The summed E-state index contributed by atoms with van der Waals surface area (Å²) in [7, 11) is 0. The number of aryl methyl sites for hydroxylation is 1. The highest BCUT2D eigenvalue weighted by Crippen LogP contribution is 2.37. The second kappa shape index (κ2) is 7.29. The summed E-state index contributed by atoms with van der Waals surface area (Å²) in [5.41, 5.74) is 5.08. The summed E-state index contributed by atoms with van der Waals surface area (Å²) in [6, 6.07) is 16.1. The van der Waals surface area contributed by atoms with Crippen molar-refractivity contribution < 1.29 is 4.79 Å². The second-order valence-corrected chi connectivity index (χ2v) is 7.22. The van der Waals surface area contributed by atoms with Crippen LogP contribution in [-0.4, -0.2) is 15.8 Å². The van der Waals surface area contributed by atoms with E-state index in [1.807, 2.05) is 24.3 Å². The molecule has 4 nitrogen and oxygen atoms in total. The van der Waals surface area contributed by atoms with Gasteiger partial charge in [0, 0.05) is 22.2 Å². The van der Waals surface area contributed by atoms with E-state index in [4.69, 9.17) is 0 Å². The predicted molar refractivity (Wildman–Crippen MR) is 112 cm³/mol. The predicted octanol–water partition coefficient (Wildman–Crippen LogP) is 5.87. The minimum Gasteiger partial charge on any atom is -0.340 e. The first-order valence-electron chi connectivity index (χ1n) is 8.85. The Morgan fingerprint density at radius 2 is 1.93 bits per heavy atom. The number of aromatic nitrogens is 2. The third-order valence-corrected chi connectivity index (χ3v) is 5.46. The molecule has 1 N–H and O–H groups in total. The summed E-state index contributed by atoms with van der Waals surface area (Å²) >= 11 is 1.61. The lowest BCUT2D eigenvalue weighted by Crippen LogP contribution is -1.98. The molecular formula is C22H19N3OS. The molecule has 0 fully saturated rings. The fraction of sp³-hybridized carbons (Fsp3) is 0.136. The number of hydrogen-bond acceptors (Lipinski definition) is 5. The Kier molecular flexibility index (Phi) is 4.69. The lowest BCUT2D eigenvalue weighted by atomic mass is 10.0. The van der Waals surface area contributed by atoms with E-state index in [0.717, 1.165) is 39.3 Å². The third-order valence-electron chi connectivity index (χ3n) is 4.58. The van der Waals surface area contributed by atoms with Crippen molar-refractivity contribution >= 4 is 38.8 Å². The molecule has 0 saturated carbocycles. The summed E-state index contributed by atoms with van der Waals surface area (Å²) in [5.74, 6) is 0.787. The lowest BCUT2D eigenvalue weighted by molar-refractivity contribution is 0.101. The molecule has 2 heterocycles. The van der Waals surface area contributed by atoms with Gasteiger partial charge in [0.25, 0.3) is 0 Å². The molecule has 0 radical (unpaired) electrons. The molecule has 2 aromatic carbocycles. The highest BCUT2D eigenvalue weighted by atomic mass is 32.1. The zero-order chi connectivity index (χ0) is 18.8. The summed E-state index contributed by atoms with van der Waals surface area (Å²) in [5, 5.41) is 6.49. The van der Waals surface area contributed by atoms with Gasteiger partial charge in [-0.1, -0.05) is 43.3 Å². The van der Waals surface area contributed by atoms with Gasteiger partial charge in [-0.15, -0.1) is 11.3 Å². The molecule has 0 saturated heterocycles. The Morgan fingerprint density at radius 3 is 2.67 bits per heavy atom. The Bertz CT molecular complexity index is 1120. The molecule has 0 aliphatic carbocycles. The first-order valence-corrected chi connectivity index (χ1v) is 9.73. The van der Waals surface area contributed by atoms with Crippen LogP contribution in [0.2, 0.25) is 0 Å². The van der Waals surface area contributed by atoms with Crippen LogP contribution in [0.3, 0.4) is 0 Å². The van der Waals surface area contributed by atoms with Crippen LogP contribution in [0.25, 0.3) is 21.3 Å². The van der Waals surface area contributed by atoms with Gasteiger partial charge in [-0.25, -0.2) is 9.97 Å². The van der Waals surface area contributed by atoms with Crippen LogP contribution < -0.4 is 5.32 Å². The zero-order valence-electron chi connectivity index (χ0n) is 15.2. The third kappa shape index (κ3) is 3.46. The monoisotopic (exact) mass is 373 g/mol. The molecule has 0 aliphatic rings. The zero-order valence-corrected chi connectivity index (χ0v) is 16.0. The first kappa shape index (κ1) is 17.4. The van der Waals surface area contributed by atoms with E-state index in [1.165, 1.54) is 5.56 Å². The number of fused-ring (bicyclic) bond motifs is 1. The number of Topliss-reactive ketones (excluding diaryl/α,β-unsaturated/α-hetero) is 1. The van der Waals surface area contributed by atoms with Crippen molar-refractivity contribution in [1.29, 1.82) is 0 Å². The number of hydrogen-bond donors (Lipinski definition) is 1. The van der Waals surface area contributed by atoms with Gasteiger partial charge in [-0.3, -0.25) is 4.79 Å². The maximum absolute atomic E-state index is 11.7. The van der Waals surface area contributed by atoms with Gasteiger partial charge in [0.2, 0.25) is 0 Å². The normalized spacial score (nSPS) is 10.9. The number of ketones is 1. The van der Waals surface area contributed by atoms with Crippen molar-refractivity contribution in [2.24, 2.45) is 0 Å². The highest BCUT2D eigenvalue weighted by Gasteiger charge is 2.13. The Morgan fingerprint density at radius 1 is 1.11 bits per heavy atom. The minimum absolute atomic E-state index is 0.0405. The van der Waals surface area contributed by atoms with Crippen molar-refractivity contribution in [2.75, 3.05) is 5.32 Å². The van der Waals surface area contributed by atoms with Crippen LogP contribution in [0.5, 0.6) is 0 Å². The van der Waals surface area contributed by atoms with Crippen LogP contribution in [0, 0.1) is 0 Å². The molecule has 5 heteroatoms. The molecule has 4 rings (SSSR count). The number of benzene rings is 2. The molecule has 0 amide bonds. The van der Waals surface area contributed by atoms with E-state index < -0.39 is 0 Å². The van der Waals surface area contributed by atoms with Gasteiger partial charge < -0.3 is 5.32 Å². The van der Waals surface area contributed by atoms with Crippen molar-refractivity contribution in [3.8, 4) is 11.1 Å². The lowest BCUT2D eigenvalue weighted by Gasteiger charge is -2.09. The molecule has 0 aliphatic heterocycles. The fourth-order valence-electron chi connectivity index (χ4n) is 3.06. The van der Waals surface area contributed by atoms with Gasteiger partial charge in [-0.2, -0.15) is 0 Å². The molecule has 2 aromatic heterocycles. The Balaban J connectivity index is 1.78. The molecular weight excluding hydrogens is 354 g/mol. The van der Waals surface area contributed by atoms with Crippen molar-refractivity contribution in [3.63, 3.8) is 0 Å². The van der Waals surface area contributed by atoms with E-state index in [-0.39, 0.29) is 5.78 Å². The maximum Gasteiger partial charge on any atom is 0.159 e. The van der Waals surface area contributed by atoms with Gasteiger partial charge in [-0.05, 0) is 36.6 Å². The van der Waals surface area contributed by atoms with Crippen LogP contribution in [-0.2, 0) is 6.42 Å². The van der Waals surface area contributed by atoms with Gasteiger partial charge in [0.1, 0.15) is 17.0 Å². The maximum atomic E-state index is 11.7. The summed E-state index contributed by atoms with van der Waals surface area (Å²) < 4.78 is 0. The largest absolute Gasteiger partial charge is 0.340 e. The Hall–Kier alpha value is -3.05. The number of rotatable bonds is 5. The minimum atomic E-state index is 0.0405. The van der Waals surface area contributed by atoms with E-state index in [9.17, 15) is 4.79 Å². The average molecular weight is 373 g/mol. The molecule has 4 aromatic rings.